The van der Waals surface area contributed by atoms with E-state index < -0.39 is 10.0 Å². The van der Waals surface area contributed by atoms with Gasteiger partial charge in [0.1, 0.15) is 11.0 Å². The molecule has 1 fully saturated rings. The van der Waals surface area contributed by atoms with Crippen molar-refractivity contribution in [2.75, 3.05) is 14.1 Å². The first-order valence-corrected chi connectivity index (χ1v) is 8.45. The molecule has 0 bridgehead atoms. The molecule has 0 spiro atoms. The topological polar surface area (TPSA) is 86.1 Å². The second-order valence-corrected chi connectivity index (χ2v) is 7.24. The summed E-state index contributed by atoms with van der Waals surface area (Å²) in [5.74, 6) is 0. The van der Waals surface area contributed by atoms with Crippen LogP contribution in [0.1, 0.15) is 31.4 Å². The lowest BCUT2D eigenvalue weighted by Gasteiger charge is -2.33. The first-order chi connectivity index (χ1) is 10.0. The number of pyridine rings is 1. The fourth-order valence-corrected chi connectivity index (χ4v) is 4.27. The lowest BCUT2D eigenvalue weighted by atomic mass is 9.91. The van der Waals surface area contributed by atoms with Crippen LogP contribution in [0.15, 0.2) is 23.2 Å². The summed E-state index contributed by atoms with van der Waals surface area (Å²) < 4.78 is 26.8. The van der Waals surface area contributed by atoms with E-state index in [1.54, 1.807) is 13.1 Å². The second-order valence-electron chi connectivity index (χ2n) is 5.28. The van der Waals surface area contributed by atoms with E-state index in [0.717, 1.165) is 25.7 Å². The van der Waals surface area contributed by atoms with E-state index in [4.69, 9.17) is 5.26 Å². The Hall–Kier alpha value is -1.49. The van der Waals surface area contributed by atoms with Crippen LogP contribution in [0.4, 0.5) is 0 Å². The summed E-state index contributed by atoms with van der Waals surface area (Å²) in [7, 11) is -0.156. The van der Waals surface area contributed by atoms with E-state index in [0.29, 0.717) is 6.04 Å². The molecule has 1 N–H and O–H groups in total. The van der Waals surface area contributed by atoms with E-state index in [1.165, 1.54) is 16.6 Å². The van der Waals surface area contributed by atoms with Crippen LogP contribution in [0.2, 0.25) is 0 Å². The normalized spacial score (nSPS) is 23.0. The SMILES string of the molecule is CNC1CCC(N(C)S(=O)(=O)c2cccnc2C#N)CC1. The van der Waals surface area contributed by atoms with Gasteiger partial charge in [-0.2, -0.15) is 9.57 Å². The van der Waals surface area contributed by atoms with Gasteiger partial charge in [-0.3, -0.25) is 0 Å². The van der Waals surface area contributed by atoms with Crippen LogP contribution < -0.4 is 5.32 Å². The molecule has 2 rings (SSSR count). The van der Waals surface area contributed by atoms with Gasteiger partial charge in [0.25, 0.3) is 0 Å². The Morgan fingerprint density at radius 1 is 1.38 bits per heavy atom. The van der Waals surface area contributed by atoms with E-state index in [-0.39, 0.29) is 16.6 Å². The lowest BCUT2D eigenvalue weighted by Crippen LogP contribution is -2.42. The maximum Gasteiger partial charge on any atom is 0.245 e. The van der Waals surface area contributed by atoms with E-state index in [2.05, 4.69) is 10.3 Å². The highest BCUT2D eigenvalue weighted by Crippen LogP contribution is 2.27. The lowest BCUT2D eigenvalue weighted by molar-refractivity contribution is 0.255. The van der Waals surface area contributed by atoms with E-state index >= 15 is 0 Å². The zero-order valence-corrected chi connectivity index (χ0v) is 13.1. The highest BCUT2D eigenvalue weighted by Gasteiger charge is 2.32. The van der Waals surface area contributed by atoms with Gasteiger partial charge in [-0.25, -0.2) is 13.4 Å². The van der Waals surface area contributed by atoms with Crippen molar-refractivity contribution >= 4 is 10.0 Å². The average molecular weight is 308 g/mol. The van der Waals surface area contributed by atoms with Gasteiger partial charge in [0.2, 0.25) is 10.0 Å². The second kappa shape index (κ2) is 6.52. The Morgan fingerprint density at radius 3 is 2.62 bits per heavy atom. The molecule has 1 saturated carbocycles. The maximum atomic E-state index is 12.7. The minimum absolute atomic E-state index is 0.00857. The van der Waals surface area contributed by atoms with E-state index in [9.17, 15) is 8.42 Å². The summed E-state index contributed by atoms with van der Waals surface area (Å²) in [6.45, 7) is 0. The molecule has 1 aromatic rings. The Morgan fingerprint density at radius 2 is 2.05 bits per heavy atom. The first kappa shape index (κ1) is 15.9. The van der Waals surface area contributed by atoms with E-state index in [1.807, 2.05) is 13.1 Å². The molecule has 0 saturated heterocycles. The zero-order chi connectivity index (χ0) is 15.5. The molecule has 1 aliphatic rings. The third kappa shape index (κ3) is 3.23. The summed E-state index contributed by atoms with van der Waals surface area (Å²) in [5, 5.41) is 12.3. The molecular weight excluding hydrogens is 288 g/mol. The standard InChI is InChI=1S/C14H20N4O2S/c1-16-11-5-7-12(8-6-11)18(2)21(19,20)14-4-3-9-17-13(14)10-15/h3-4,9,11-12,16H,5-8H2,1-2H3. The summed E-state index contributed by atoms with van der Waals surface area (Å²) in [4.78, 5) is 3.83. The Balaban J connectivity index is 2.22. The molecule has 1 heterocycles. The summed E-state index contributed by atoms with van der Waals surface area (Å²) in [6.07, 6.45) is 4.99. The predicted molar refractivity (Wildman–Crippen MR) is 79.0 cm³/mol. The molecule has 114 valence electrons. The fourth-order valence-electron chi connectivity index (χ4n) is 2.76. The van der Waals surface area contributed by atoms with Gasteiger partial charge < -0.3 is 5.32 Å². The molecule has 0 aromatic carbocycles. The minimum atomic E-state index is -3.68. The molecule has 0 amide bonds. The molecule has 21 heavy (non-hydrogen) atoms. The van der Waals surface area contributed by atoms with Crippen molar-refractivity contribution < 1.29 is 8.42 Å². The quantitative estimate of drug-likeness (QED) is 0.900. The highest BCUT2D eigenvalue weighted by molar-refractivity contribution is 7.89. The number of nitriles is 1. The summed E-state index contributed by atoms with van der Waals surface area (Å²) in [5.41, 5.74) is -0.0479. The van der Waals surface area contributed by atoms with Gasteiger partial charge in [-0.15, -0.1) is 0 Å². The Bertz CT molecular complexity index is 631. The largest absolute Gasteiger partial charge is 0.317 e. The number of hydrogen-bond acceptors (Lipinski definition) is 5. The predicted octanol–water partition coefficient (Wildman–Crippen LogP) is 1.10. The molecule has 6 nitrogen and oxygen atoms in total. The van der Waals surface area contributed by atoms with Crippen molar-refractivity contribution in [2.45, 2.75) is 42.7 Å². The average Bonchev–Trinajstić information content (AvgIpc) is 2.54. The molecule has 0 radical (unpaired) electrons. The van der Waals surface area contributed by atoms with Crippen molar-refractivity contribution in [1.29, 1.82) is 5.26 Å². The van der Waals surface area contributed by atoms with Crippen LogP contribution in [-0.4, -0.2) is 43.9 Å². The third-order valence-electron chi connectivity index (χ3n) is 4.15. The number of nitrogens with zero attached hydrogens (tertiary/aromatic N) is 3. The summed E-state index contributed by atoms with van der Waals surface area (Å²) >= 11 is 0. The molecular formula is C14H20N4O2S. The molecule has 0 aliphatic heterocycles. The molecule has 1 aromatic heterocycles. The minimum Gasteiger partial charge on any atom is -0.317 e. The number of aromatic nitrogens is 1. The van der Waals surface area contributed by atoms with Gasteiger partial charge >= 0.3 is 0 Å². The van der Waals surface area contributed by atoms with Crippen molar-refractivity contribution in [3.05, 3.63) is 24.0 Å². The number of sulfonamides is 1. The highest BCUT2D eigenvalue weighted by atomic mass is 32.2. The fraction of sp³-hybridized carbons (Fsp3) is 0.571. The third-order valence-corrected chi connectivity index (χ3v) is 6.09. The molecule has 0 unspecified atom stereocenters. The van der Waals surface area contributed by atoms with Crippen LogP contribution in [0.3, 0.4) is 0 Å². The van der Waals surface area contributed by atoms with Crippen molar-refractivity contribution in [1.82, 2.24) is 14.6 Å². The van der Waals surface area contributed by atoms with Crippen LogP contribution in [0, 0.1) is 11.3 Å². The van der Waals surface area contributed by atoms with Gasteiger partial charge in [-0.1, -0.05) is 0 Å². The first-order valence-electron chi connectivity index (χ1n) is 7.01. The van der Waals surface area contributed by atoms with Crippen LogP contribution in [0.5, 0.6) is 0 Å². The van der Waals surface area contributed by atoms with Crippen molar-refractivity contribution in [3.63, 3.8) is 0 Å². The maximum absolute atomic E-state index is 12.7. The van der Waals surface area contributed by atoms with Gasteiger partial charge in [0.15, 0.2) is 5.69 Å². The number of rotatable bonds is 4. The molecule has 0 atom stereocenters. The van der Waals surface area contributed by atoms with Crippen LogP contribution >= 0.6 is 0 Å². The van der Waals surface area contributed by atoms with Crippen LogP contribution in [0.25, 0.3) is 0 Å². The zero-order valence-electron chi connectivity index (χ0n) is 12.3. The Labute approximate surface area is 125 Å². The number of nitrogens with one attached hydrogen (secondary N) is 1. The van der Waals surface area contributed by atoms with Crippen molar-refractivity contribution in [3.8, 4) is 6.07 Å². The summed E-state index contributed by atoms with van der Waals surface area (Å²) in [6, 6.07) is 5.27. The van der Waals surface area contributed by atoms with Crippen LogP contribution in [-0.2, 0) is 10.0 Å². The smallest absolute Gasteiger partial charge is 0.245 e. The monoisotopic (exact) mass is 308 g/mol. The van der Waals surface area contributed by atoms with Gasteiger partial charge in [-0.05, 0) is 44.9 Å². The number of hydrogen-bond donors (Lipinski definition) is 1. The van der Waals surface area contributed by atoms with Gasteiger partial charge in [0.05, 0.1) is 0 Å². The molecule has 7 heteroatoms. The van der Waals surface area contributed by atoms with Gasteiger partial charge in [0, 0.05) is 25.3 Å². The Kier molecular flexibility index (Phi) is 4.93. The van der Waals surface area contributed by atoms with Crippen molar-refractivity contribution in [2.24, 2.45) is 0 Å². The molecule has 1 aliphatic carbocycles.